The number of aromatic nitrogens is 1. The molecule has 1 aromatic carbocycles. The highest BCUT2D eigenvalue weighted by atomic mass is 35.5. The van der Waals surface area contributed by atoms with Crippen LogP contribution in [0.2, 0.25) is 0 Å². The first-order chi connectivity index (χ1) is 8.24. The molecular weight excluding hydrogens is 248 g/mol. The first kappa shape index (κ1) is 13.2. The third-order valence-electron chi connectivity index (χ3n) is 3.95. The summed E-state index contributed by atoms with van der Waals surface area (Å²) in [7, 11) is 3.86. The van der Waals surface area contributed by atoms with Gasteiger partial charge >= 0.3 is 0 Å². The number of hydrogen-bond donors (Lipinski definition) is 1. The number of rotatable bonds is 2. The molecule has 0 saturated heterocycles. The zero-order valence-electron chi connectivity index (χ0n) is 10.8. The Balaban J connectivity index is 0.00000120. The van der Waals surface area contributed by atoms with Gasteiger partial charge in [0.15, 0.2) is 0 Å². The van der Waals surface area contributed by atoms with Crippen molar-refractivity contribution in [3.05, 3.63) is 29.5 Å². The van der Waals surface area contributed by atoms with Gasteiger partial charge in [-0.15, -0.1) is 12.4 Å². The standard InChI is InChI=1S/C14H18N2O.ClH/c1-16-13-4-3-10(17-2)7-12(13)11-5-9(8-15)6-14(11)16;/h3-4,7,9H,5-6,8,15H2,1-2H3;1H. The van der Waals surface area contributed by atoms with Crippen LogP contribution in [0.3, 0.4) is 0 Å². The molecule has 0 spiro atoms. The summed E-state index contributed by atoms with van der Waals surface area (Å²) < 4.78 is 7.62. The van der Waals surface area contributed by atoms with E-state index in [9.17, 15) is 0 Å². The molecule has 1 aliphatic rings. The molecule has 1 heterocycles. The van der Waals surface area contributed by atoms with E-state index < -0.39 is 0 Å². The van der Waals surface area contributed by atoms with Gasteiger partial charge in [0.25, 0.3) is 0 Å². The zero-order valence-corrected chi connectivity index (χ0v) is 11.6. The van der Waals surface area contributed by atoms with Crippen molar-refractivity contribution in [2.75, 3.05) is 13.7 Å². The Morgan fingerprint density at radius 2 is 2.17 bits per heavy atom. The summed E-state index contributed by atoms with van der Waals surface area (Å²) in [5, 5.41) is 1.33. The maximum Gasteiger partial charge on any atom is 0.119 e. The number of benzene rings is 1. The number of fused-ring (bicyclic) bond motifs is 3. The molecule has 2 aromatic rings. The lowest BCUT2D eigenvalue weighted by Gasteiger charge is -2.07. The molecule has 3 nitrogen and oxygen atoms in total. The van der Waals surface area contributed by atoms with Gasteiger partial charge in [-0.2, -0.15) is 0 Å². The van der Waals surface area contributed by atoms with Crippen molar-refractivity contribution in [2.24, 2.45) is 18.7 Å². The molecule has 1 atom stereocenters. The largest absolute Gasteiger partial charge is 0.497 e. The third-order valence-corrected chi connectivity index (χ3v) is 3.95. The summed E-state index contributed by atoms with van der Waals surface area (Å²) in [5.74, 6) is 1.55. The van der Waals surface area contributed by atoms with Crippen molar-refractivity contribution in [1.29, 1.82) is 0 Å². The summed E-state index contributed by atoms with van der Waals surface area (Å²) in [5.41, 5.74) is 10.0. The normalized spacial score (nSPS) is 17.6. The SMILES string of the molecule is COc1ccc2c(c1)c1c(n2C)CC(CN)C1.Cl. The highest BCUT2D eigenvalue weighted by Crippen LogP contribution is 2.36. The van der Waals surface area contributed by atoms with E-state index in [1.54, 1.807) is 7.11 Å². The maximum absolute atomic E-state index is 5.79. The van der Waals surface area contributed by atoms with Gasteiger partial charge in [0.2, 0.25) is 0 Å². The Morgan fingerprint density at radius 3 is 2.83 bits per heavy atom. The second-order valence-electron chi connectivity index (χ2n) is 4.88. The molecule has 4 heteroatoms. The molecule has 0 fully saturated rings. The smallest absolute Gasteiger partial charge is 0.119 e. The van der Waals surface area contributed by atoms with Crippen LogP contribution in [-0.4, -0.2) is 18.2 Å². The van der Waals surface area contributed by atoms with Crippen LogP contribution in [0.4, 0.5) is 0 Å². The minimum atomic E-state index is 0. The first-order valence-electron chi connectivity index (χ1n) is 6.08. The summed E-state index contributed by atoms with van der Waals surface area (Å²) in [4.78, 5) is 0. The number of hydrogen-bond acceptors (Lipinski definition) is 2. The molecule has 0 radical (unpaired) electrons. The van der Waals surface area contributed by atoms with E-state index in [2.05, 4.69) is 23.7 Å². The monoisotopic (exact) mass is 266 g/mol. The van der Waals surface area contributed by atoms with E-state index in [1.165, 1.54) is 22.2 Å². The highest BCUT2D eigenvalue weighted by molar-refractivity contribution is 5.87. The molecule has 98 valence electrons. The van der Waals surface area contributed by atoms with E-state index in [0.717, 1.165) is 25.1 Å². The van der Waals surface area contributed by atoms with Crippen molar-refractivity contribution in [2.45, 2.75) is 12.8 Å². The fourth-order valence-corrected chi connectivity index (χ4v) is 2.97. The second kappa shape index (κ2) is 4.82. The second-order valence-corrected chi connectivity index (χ2v) is 4.88. The average molecular weight is 267 g/mol. The Morgan fingerprint density at radius 1 is 1.39 bits per heavy atom. The Kier molecular flexibility index (Phi) is 3.55. The van der Waals surface area contributed by atoms with Gasteiger partial charge in [-0.1, -0.05) is 0 Å². The van der Waals surface area contributed by atoms with Gasteiger partial charge in [0.1, 0.15) is 5.75 Å². The van der Waals surface area contributed by atoms with Crippen LogP contribution < -0.4 is 10.5 Å². The van der Waals surface area contributed by atoms with Gasteiger partial charge in [0.05, 0.1) is 7.11 Å². The van der Waals surface area contributed by atoms with Crippen LogP contribution in [0.25, 0.3) is 10.9 Å². The van der Waals surface area contributed by atoms with Gasteiger partial charge in [-0.25, -0.2) is 0 Å². The quantitative estimate of drug-likeness (QED) is 0.906. The molecule has 0 aliphatic heterocycles. The highest BCUT2D eigenvalue weighted by Gasteiger charge is 2.26. The van der Waals surface area contributed by atoms with Crippen LogP contribution in [0.15, 0.2) is 18.2 Å². The summed E-state index contributed by atoms with van der Waals surface area (Å²) in [6.07, 6.45) is 2.22. The lowest BCUT2D eigenvalue weighted by atomic mass is 10.1. The predicted molar refractivity (Wildman–Crippen MR) is 76.7 cm³/mol. The van der Waals surface area contributed by atoms with Crippen LogP contribution in [0.5, 0.6) is 5.75 Å². The number of ether oxygens (including phenoxy) is 1. The molecule has 18 heavy (non-hydrogen) atoms. The summed E-state index contributed by atoms with van der Waals surface area (Å²) in [6, 6.07) is 6.31. The van der Waals surface area contributed by atoms with Crippen molar-refractivity contribution >= 4 is 23.3 Å². The van der Waals surface area contributed by atoms with E-state index in [4.69, 9.17) is 10.5 Å². The van der Waals surface area contributed by atoms with Crippen molar-refractivity contribution in [1.82, 2.24) is 4.57 Å². The van der Waals surface area contributed by atoms with Gasteiger partial charge in [0, 0.05) is 23.6 Å². The average Bonchev–Trinajstić information content (AvgIpc) is 2.89. The predicted octanol–water partition coefficient (Wildman–Crippen LogP) is 2.28. The van der Waals surface area contributed by atoms with Crippen LogP contribution in [-0.2, 0) is 19.9 Å². The van der Waals surface area contributed by atoms with E-state index in [1.807, 2.05) is 6.07 Å². The number of aryl methyl sites for hydroxylation is 1. The number of nitrogens with two attached hydrogens (primary N) is 1. The van der Waals surface area contributed by atoms with Gasteiger partial charge in [-0.3, -0.25) is 0 Å². The van der Waals surface area contributed by atoms with E-state index in [-0.39, 0.29) is 12.4 Å². The number of halogens is 1. The van der Waals surface area contributed by atoms with E-state index in [0.29, 0.717) is 5.92 Å². The molecule has 0 saturated carbocycles. The molecule has 3 rings (SSSR count). The Labute approximate surface area is 113 Å². The topological polar surface area (TPSA) is 40.2 Å². The third kappa shape index (κ3) is 1.78. The lowest BCUT2D eigenvalue weighted by molar-refractivity contribution is 0.415. The molecule has 0 bridgehead atoms. The minimum Gasteiger partial charge on any atom is -0.497 e. The first-order valence-corrected chi connectivity index (χ1v) is 6.08. The molecular formula is C14H19ClN2O. The molecule has 0 amide bonds. The molecule has 1 aromatic heterocycles. The number of nitrogens with zero attached hydrogens (tertiary/aromatic N) is 1. The lowest BCUT2D eigenvalue weighted by Crippen LogP contribution is -2.14. The molecule has 1 aliphatic carbocycles. The summed E-state index contributed by atoms with van der Waals surface area (Å²) in [6.45, 7) is 0.778. The maximum atomic E-state index is 5.79. The number of methoxy groups -OCH3 is 1. The van der Waals surface area contributed by atoms with Crippen LogP contribution in [0, 0.1) is 5.92 Å². The fraction of sp³-hybridized carbons (Fsp3) is 0.429. The zero-order chi connectivity index (χ0) is 12.0. The van der Waals surface area contributed by atoms with Gasteiger partial charge in [-0.05, 0) is 49.1 Å². The fourth-order valence-electron chi connectivity index (χ4n) is 2.97. The summed E-state index contributed by atoms with van der Waals surface area (Å²) >= 11 is 0. The van der Waals surface area contributed by atoms with Crippen LogP contribution >= 0.6 is 12.4 Å². The van der Waals surface area contributed by atoms with Crippen molar-refractivity contribution in [3.8, 4) is 5.75 Å². The van der Waals surface area contributed by atoms with Crippen LogP contribution in [0.1, 0.15) is 11.3 Å². The molecule has 2 N–H and O–H groups in total. The Hall–Kier alpha value is -1.19. The van der Waals surface area contributed by atoms with E-state index >= 15 is 0 Å². The molecule has 1 unspecified atom stereocenters. The minimum absolute atomic E-state index is 0. The van der Waals surface area contributed by atoms with Crippen molar-refractivity contribution in [3.63, 3.8) is 0 Å². The van der Waals surface area contributed by atoms with Crippen molar-refractivity contribution < 1.29 is 4.74 Å². The Bertz CT molecular complexity index is 577. The van der Waals surface area contributed by atoms with Gasteiger partial charge < -0.3 is 15.0 Å².